The molecule has 0 heterocycles. The van der Waals surface area contributed by atoms with E-state index >= 15 is 0 Å². The van der Waals surface area contributed by atoms with Crippen LogP contribution in [0.3, 0.4) is 0 Å². The van der Waals surface area contributed by atoms with Gasteiger partial charge in [0.05, 0.1) is 23.1 Å². The van der Waals surface area contributed by atoms with Crippen LogP contribution in [-0.2, 0) is 14.8 Å². The van der Waals surface area contributed by atoms with Crippen LogP contribution in [-0.4, -0.2) is 38.3 Å². The van der Waals surface area contributed by atoms with Crippen LogP contribution in [0.25, 0.3) is 0 Å². The number of non-ortho nitro benzene ring substituents is 1. The monoisotopic (exact) mass is 410 g/mol. The Morgan fingerprint density at radius 3 is 2.52 bits per heavy atom. The Bertz CT molecular complexity index is 977. The fraction of sp³-hybridized carbons (Fsp3) is 0.125. The second-order valence-corrected chi connectivity index (χ2v) is 7.73. The third kappa shape index (κ3) is 6.04. The predicted octanol–water partition coefficient (Wildman–Crippen LogP) is 2.16. The first kappa shape index (κ1) is 20.3. The number of amides is 1. The molecule has 0 aliphatic carbocycles. The smallest absolute Gasteiger partial charge is 0.269 e. The van der Waals surface area contributed by atoms with Gasteiger partial charge in [-0.1, -0.05) is 17.7 Å². The number of hydrazone groups is 1. The van der Waals surface area contributed by atoms with Crippen LogP contribution in [0.15, 0.2) is 53.6 Å². The van der Waals surface area contributed by atoms with Crippen molar-refractivity contribution in [3.05, 3.63) is 69.2 Å². The highest BCUT2D eigenvalue weighted by atomic mass is 35.5. The van der Waals surface area contributed by atoms with Gasteiger partial charge in [0.15, 0.2) is 0 Å². The molecule has 0 fully saturated rings. The van der Waals surface area contributed by atoms with Gasteiger partial charge in [-0.05, 0) is 35.9 Å². The van der Waals surface area contributed by atoms with Crippen LogP contribution < -0.4 is 9.73 Å². The van der Waals surface area contributed by atoms with Gasteiger partial charge in [-0.3, -0.25) is 19.2 Å². The lowest BCUT2D eigenvalue weighted by molar-refractivity contribution is -0.384. The maximum Gasteiger partial charge on any atom is 0.269 e. The van der Waals surface area contributed by atoms with E-state index in [1.54, 1.807) is 12.1 Å². The highest BCUT2D eigenvalue weighted by molar-refractivity contribution is 7.92. The van der Waals surface area contributed by atoms with Gasteiger partial charge in [0.25, 0.3) is 11.6 Å². The summed E-state index contributed by atoms with van der Waals surface area (Å²) >= 11 is 5.87. The average Bonchev–Trinajstić information content (AvgIpc) is 2.59. The molecule has 0 bridgehead atoms. The predicted molar refractivity (Wildman–Crippen MR) is 102 cm³/mol. The third-order valence-corrected chi connectivity index (χ3v) is 4.67. The lowest BCUT2D eigenvalue weighted by atomic mass is 10.2. The summed E-state index contributed by atoms with van der Waals surface area (Å²) in [6.07, 6.45) is 2.26. The van der Waals surface area contributed by atoms with Crippen molar-refractivity contribution in [2.45, 2.75) is 0 Å². The minimum Gasteiger partial charge on any atom is -0.271 e. The zero-order valence-corrected chi connectivity index (χ0v) is 15.6. The number of nitrogens with one attached hydrogen (secondary N) is 1. The molecule has 0 unspecified atom stereocenters. The molecule has 0 aromatic heterocycles. The van der Waals surface area contributed by atoms with Crippen LogP contribution in [0.5, 0.6) is 0 Å². The molecule has 9 nitrogen and oxygen atoms in total. The number of halogens is 1. The van der Waals surface area contributed by atoms with Crippen LogP contribution in [0, 0.1) is 10.1 Å². The summed E-state index contributed by atoms with van der Waals surface area (Å²) in [6.45, 7) is -0.489. The topological polar surface area (TPSA) is 122 Å². The number of nitro groups is 1. The second-order valence-electron chi connectivity index (χ2n) is 5.39. The number of carbonyl (C=O) groups excluding carboxylic acids is 1. The maximum atomic E-state index is 12.0. The molecule has 0 spiro atoms. The Hall–Kier alpha value is -2.98. The van der Waals surface area contributed by atoms with Crippen LogP contribution in [0.4, 0.5) is 11.4 Å². The molecule has 0 saturated carbocycles. The Labute approximate surface area is 160 Å². The van der Waals surface area contributed by atoms with Gasteiger partial charge in [-0.15, -0.1) is 0 Å². The van der Waals surface area contributed by atoms with Gasteiger partial charge in [-0.2, -0.15) is 5.10 Å². The molecule has 0 saturated heterocycles. The van der Waals surface area contributed by atoms with Crippen LogP contribution in [0.1, 0.15) is 5.56 Å². The van der Waals surface area contributed by atoms with Crippen molar-refractivity contribution in [1.82, 2.24) is 5.43 Å². The summed E-state index contributed by atoms with van der Waals surface area (Å²) in [4.78, 5) is 22.1. The van der Waals surface area contributed by atoms with Crippen molar-refractivity contribution in [1.29, 1.82) is 0 Å². The number of nitro benzene ring substituents is 1. The normalized spacial score (nSPS) is 11.3. The number of benzene rings is 2. The largest absolute Gasteiger partial charge is 0.271 e. The molecule has 0 aliphatic heterocycles. The van der Waals surface area contributed by atoms with Gasteiger partial charge in [0.1, 0.15) is 6.54 Å². The number of sulfonamides is 1. The number of carbonyl (C=O) groups is 1. The van der Waals surface area contributed by atoms with E-state index in [0.29, 0.717) is 10.6 Å². The Morgan fingerprint density at radius 2 is 1.96 bits per heavy atom. The van der Waals surface area contributed by atoms with E-state index in [-0.39, 0.29) is 11.4 Å². The Kier molecular flexibility index (Phi) is 6.48. The highest BCUT2D eigenvalue weighted by Gasteiger charge is 2.20. The van der Waals surface area contributed by atoms with Crippen molar-refractivity contribution in [3.8, 4) is 0 Å². The lowest BCUT2D eigenvalue weighted by Crippen LogP contribution is -2.39. The summed E-state index contributed by atoms with van der Waals surface area (Å²) in [6, 6.07) is 11.6. The summed E-state index contributed by atoms with van der Waals surface area (Å²) in [5.74, 6) is -0.668. The van der Waals surface area contributed by atoms with Gasteiger partial charge in [0, 0.05) is 17.2 Å². The fourth-order valence-corrected chi connectivity index (χ4v) is 3.09. The fourth-order valence-electron chi connectivity index (χ4n) is 2.06. The summed E-state index contributed by atoms with van der Waals surface area (Å²) < 4.78 is 24.8. The average molecular weight is 411 g/mol. The Balaban J connectivity index is 2.04. The first-order chi connectivity index (χ1) is 12.7. The first-order valence-corrected chi connectivity index (χ1v) is 9.69. The van der Waals surface area contributed by atoms with Crippen LogP contribution in [0.2, 0.25) is 5.02 Å². The minimum atomic E-state index is -3.72. The summed E-state index contributed by atoms with van der Waals surface area (Å²) in [5.41, 5.74) is 2.92. The van der Waals surface area contributed by atoms with E-state index < -0.39 is 27.4 Å². The molecule has 1 amide bonds. The molecule has 2 rings (SSSR count). The lowest BCUT2D eigenvalue weighted by Gasteiger charge is -2.21. The van der Waals surface area contributed by atoms with Crippen LogP contribution >= 0.6 is 11.6 Å². The van der Waals surface area contributed by atoms with Crippen molar-refractivity contribution < 1.29 is 18.1 Å². The number of anilines is 1. The quantitative estimate of drug-likeness (QED) is 0.425. The van der Waals surface area contributed by atoms with E-state index in [9.17, 15) is 23.3 Å². The molecule has 0 aliphatic rings. The number of hydrogen-bond donors (Lipinski definition) is 1. The molecule has 0 radical (unpaired) electrons. The van der Waals surface area contributed by atoms with Gasteiger partial charge >= 0.3 is 0 Å². The van der Waals surface area contributed by atoms with E-state index in [1.807, 2.05) is 0 Å². The van der Waals surface area contributed by atoms with Crippen molar-refractivity contribution >= 4 is 45.1 Å². The summed E-state index contributed by atoms with van der Waals surface area (Å²) in [5, 5.41) is 14.6. The molecule has 2 aromatic rings. The van der Waals surface area contributed by atoms with E-state index in [4.69, 9.17) is 11.6 Å². The van der Waals surface area contributed by atoms with Crippen molar-refractivity contribution in [3.63, 3.8) is 0 Å². The minimum absolute atomic E-state index is 0.0681. The molecule has 11 heteroatoms. The van der Waals surface area contributed by atoms with E-state index in [2.05, 4.69) is 10.5 Å². The maximum absolute atomic E-state index is 12.0. The zero-order valence-electron chi connectivity index (χ0n) is 14.1. The molecule has 1 N–H and O–H groups in total. The molecule has 142 valence electrons. The molecular formula is C16H15ClN4O5S. The summed E-state index contributed by atoms with van der Waals surface area (Å²) in [7, 11) is -3.72. The zero-order chi connectivity index (χ0) is 20.0. The number of hydrogen-bond acceptors (Lipinski definition) is 6. The standard InChI is InChI=1S/C16H15ClN4O5S/c1-27(25,26)20(15-4-2-3-13(17)9-15)11-16(22)19-18-10-12-5-7-14(8-6-12)21(23)24/h2-10H,11H2,1H3,(H,19,22)/b18-10-. The van der Waals surface area contributed by atoms with Gasteiger partial charge < -0.3 is 0 Å². The third-order valence-electron chi connectivity index (χ3n) is 3.29. The SMILES string of the molecule is CS(=O)(=O)N(CC(=O)N/N=C\c1ccc([N+](=O)[O-])cc1)c1cccc(Cl)c1. The highest BCUT2D eigenvalue weighted by Crippen LogP contribution is 2.21. The molecule has 27 heavy (non-hydrogen) atoms. The van der Waals surface area contributed by atoms with E-state index in [0.717, 1.165) is 10.6 Å². The van der Waals surface area contributed by atoms with Gasteiger partial charge in [-0.25, -0.2) is 13.8 Å². The second kappa shape index (κ2) is 8.60. The van der Waals surface area contributed by atoms with E-state index in [1.165, 1.54) is 42.6 Å². The van der Waals surface area contributed by atoms with Gasteiger partial charge in [0.2, 0.25) is 10.0 Å². The molecule has 0 atom stereocenters. The van der Waals surface area contributed by atoms with Crippen molar-refractivity contribution in [2.24, 2.45) is 5.10 Å². The number of rotatable bonds is 7. The van der Waals surface area contributed by atoms with Crippen molar-refractivity contribution in [2.75, 3.05) is 17.1 Å². The number of nitrogens with zero attached hydrogens (tertiary/aromatic N) is 3. The molecule has 2 aromatic carbocycles. The Morgan fingerprint density at radius 1 is 1.30 bits per heavy atom. The first-order valence-electron chi connectivity index (χ1n) is 7.46. The molecular weight excluding hydrogens is 396 g/mol.